The quantitative estimate of drug-likeness (QED) is 0.683. The number of alkyl halides is 2. The number of rotatable bonds is 4. The van der Waals surface area contributed by atoms with Crippen molar-refractivity contribution < 1.29 is 13.6 Å². The number of imidazole rings is 1. The second-order valence-electron chi connectivity index (χ2n) is 4.24. The molecule has 0 atom stereocenters. The number of thiophene rings is 1. The average Bonchev–Trinajstić information content (AvgIpc) is 3.05. The SMILES string of the molecule is O=C(Cc1nc2ccccc2n1C(F)F)c1cccs1. The van der Waals surface area contributed by atoms with Crippen molar-refractivity contribution in [3.63, 3.8) is 0 Å². The Bertz CT molecular complexity index is 750. The van der Waals surface area contributed by atoms with Gasteiger partial charge in [-0.05, 0) is 23.6 Å². The third kappa shape index (κ3) is 2.22. The van der Waals surface area contributed by atoms with Crippen molar-refractivity contribution in [2.45, 2.75) is 13.0 Å². The molecular weight excluding hydrogens is 282 g/mol. The number of benzene rings is 1. The van der Waals surface area contributed by atoms with Crippen molar-refractivity contribution in [2.75, 3.05) is 0 Å². The summed E-state index contributed by atoms with van der Waals surface area (Å²) in [5, 5.41) is 1.78. The van der Waals surface area contributed by atoms with Crippen LogP contribution in [0.5, 0.6) is 0 Å². The molecule has 0 spiro atoms. The molecule has 0 aliphatic rings. The molecule has 2 heterocycles. The van der Waals surface area contributed by atoms with Crippen LogP contribution in [0.2, 0.25) is 0 Å². The lowest BCUT2D eigenvalue weighted by Gasteiger charge is -2.06. The fourth-order valence-corrected chi connectivity index (χ4v) is 2.77. The summed E-state index contributed by atoms with van der Waals surface area (Å²) in [7, 11) is 0. The number of ketones is 1. The molecule has 2 aromatic heterocycles. The van der Waals surface area contributed by atoms with Crippen LogP contribution in [0.15, 0.2) is 41.8 Å². The van der Waals surface area contributed by atoms with Gasteiger partial charge in [-0.3, -0.25) is 9.36 Å². The highest BCUT2D eigenvalue weighted by Gasteiger charge is 2.20. The van der Waals surface area contributed by atoms with Gasteiger partial charge >= 0.3 is 6.55 Å². The molecule has 20 heavy (non-hydrogen) atoms. The van der Waals surface area contributed by atoms with Crippen molar-refractivity contribution in [1.82, 2.24) is 9.55 Å². The van der Waals surface area contributed by atoms with Crippen LogP contribution in [0.4, 0.5) is 8.78 Å². The number of carbonyl (C=O) groups is 1. The summed E-state index contributed by atoms with van der Waals surface area (Å²) >= 11 is 1.30. The molecule has 0 aliphatic heterocycles. The van der Waals surface area contributed by atoms with Gasteiger partial charge in [-0.15, -0.1) is 11.3 Å². The summed E-state index contributed by atoms with van der Waals surface area (Å²) in [6.07, 6.45) is -0.125. The fourth-order valence-electron chi connectivity index (χ4n) is 2.10. The maximum atomic E-state index is 13.2. The van der Waals surface area contributed by atoms with Crippen LogP contribution in [0, 0.1) is 0 Å². The lowest BCUT2D eigenvalue weighted by molar-refractivity contribution is 0.0709. The number of hydrogen-bond acceptors (Lipinski definition) is 3. The lowest BCUT2D eigenvalue weighted by atomic mass is 10.2. The topological polar surface area (TPSA) is 34.9 Å². The Morgan fingerprint density at radius 2 is 2.05 bits per heavy atom. The fraction of sp³-hybridized carbons (Fsp3) is 0.143. The Labute approximate surface area is 117 Å². The van der Waals surface area contributed by atoms with E-state index in [0.29, 0.717) is 15.9 Å². The molecule has 0 N–H and O–H groups in total. The van der Waals surface area contributed by atoms with Gasteiger partial charge in [0.1, 0.15) is 5.82 Å². The maximum absolute atomic E-state index is 13.2. The molecule has 0 aliphatic carbocycles. The minimum absolute atomic E-state index is 0.0969. The molecule has 0 bridgehead atoms. The van der Waals surface area contributed by atoms with E-state index in [1.807, 2.05) is 0 Å². The van der Waals surface area contributed by atoms with E-state index >= 15 is 0 Å². The number of fused-ring (bicyclic) bond motifs is 1. The van der Waals surface area contributed by atoms with Crippen LogP contribution in [0.3, 0.4) is 0 Å². The van der Waals surface area contributed by atoms with Crippen LogP contribution in [0.1, 0.15) is 22.0 Å². The highest BCUT2D eigenvalue weighted by atomic mass is 32.1. The minimum Gasteiger partial charge on any atom is -0.293 e. The first kappa shape index (κ1) is 12.9. The van der Waals surface area contributed by atoms with Gasteiger partial charge in [0.25, 0.3) is 0 Å². The molecule has 1 aromatic carbocycles. The van der Waals surface area contributed by atoms with Crippen LogP contribution >= 0.6 is 11.3 Å². The summed E-state index contributed by atoms with van der Waals surface area (Å²) in [4.78, 5) is 16.7. The largest absolute Gasteiger partial charge is 0.320 e. The van der Waals surface area contributed by atoms with Gasteiger partial charge in [0, 0.05) is 0 Å². The summed E-state index contributed by atoms with van der Waals surface area (Å²) in [6.45, 7) is -2.71. The van der Waals surface area contributed by atoms with Crippen LogP contribution < -0.4 is 0 Å². The van der Waals surface area contributed by atoms with E-state index in [0.717, 1.165) is 4.57 Å². The van der Waals surface area contributed by atoms with Gasteiger partial charge in [-0.1, -0.05) is 18.2 Å². The zero-order valence-electron chi connectivity index (χ0n) is 10.3. The second-order valence-corrected chi connectivity index (χ2v) is 5.19. The van der Waals surface area contributed by atoms with Crippen molar-refractivity contribution in [3.8, 4) is 0 Å². The standard InChI is InChI=1S/C14H10F2N2OS/c15-14(16)18-10-5-2-1-4-9(10)17-13(18)8-11(19)12-6-3-7-20-12/h1-7,14H,8H2. The van der Waals surface area contributed by atoms with E-state index in [-0.39, 0.29) is 18.0 Å². The Morgan fingerprint density at radius 1 is 1.25 bits per heavy atom. The lowest BCUT2D eigenvalue weighted by Crippen LogP contribution is -2.10. The molecular formula is C14H10F2N2OS. The van der Waals surface area contributed by atoms with E-state index in [4.69, 9.17) is 0 Å². The molecule has 0 saturated carbocycles. The molecule has 3 rings (SSSR count). The van der Waals surface area contributed by atoms with Crippen LogP contribution in [-0.4, -0.2) is 15.3 Å². The van der Waals surface area contributed by atoms with E-state index in [1.54, 1.807) is 41.8 Å². The normalized spacial score (nSPS) is 11.3. The maximum Gasteiger partial charge on any atom is 0.320 e. The predicted octanol–water partition coefficient (Wildman–Crippen LogP) is 3.92. The van der Waals surface area contributed by atoms with E-state index in [2.05, 4.69) is 4.98 Å². The van der Waals surface area contributed by atoms with Crippen molar-refractivity contribution in [1.29, 1.82) is 0 Å². The smallest absolute Gasteiger partial charge is 0.293 e. The summed E-state index contributed by atoms with van der Waals surface area (Å²) in [6, 6.07) is 10.1. The third-order valence-corrected chi connectivity index (χ3v) is 3.89. The van der Waals surface area contributed by atoms with Gasteiger partial charge in [0.15, 0.2) is 5.78 Å². The Kier molecular flexibility index (Phi) is 3.31. The molecule has 102 valence electrons. The Hall–Kier alpha value is -2.08. The molecule has 3 aromatic rings. The van der Waals surface area contributed by atoms with E-state index < -0.39 is 6.55 Å². The second kappa shape index (κ2) is 5.13. The summed E-state index contributed by atoms with van der Waals surface area (Å²) in [5.41, 5.74) is 0.818. The molecule has 0 unspecified atom stereocenters. The van der Waals surface area contributed by atoms with Gasteiger partial charge in [0.2, 0.25) is 0 Å². The van der Waals surface area contributed by atoms with Gasteiger partial charge in [0.05, 0.1) is 22.3 Å². The number of hydrogen-bond donors (Lipinski definition) is 0. The first-order valence-electron chi connectivity index (χ1n) is 5.97. The molecule has 6 heteroatoms. The number of Topliss-reactive ketones (excluding diaryl/α,β-unsaturated/α-hetero) is 1. The van der Waals surface area contributed by atoms with E-state index in [1.165, 1.54) is 11.3 Å². The van der Waals surface area contributed by atoms with Crippen molar-refractivity contribution >= 4 is 28.2 Å². The van der Waals surface area contributed by atoms with Gasteiger partial charge in [-0.2, -0.15) is 8.78 Å². The Morgan fingerprint density at radius 3 is 2.75 bits per heavy atom. The highest BCUT2D eigenvalue weighted by molar-refractivity contribution is 7.12. The number of aromatic nitrogens is 2. The predicted molar refractivity (Wildman–Crippen MR) is 73.3 cm³/mol. The molecule has 3 nitrogen and oxygen atoms in total. The summed E-state index contributed by atoms with van der Waals surface area (Å²) < 4.78 is 27.2. The third-order valence-electron chi connectivity index (χ3n) is 2.98. The van der Waals surface area contributed by atoms with Crippen molar-refractivity contribution in [3.05, 3.63) is 52.5 Å². The average molecular weight is 292 g/mol. The van der Waals surface area contributed by atoms with Crippen LogP contribution in [-0.2, 0) is 6.42 Å². The molecule has 0 saturated heterocycles. The zero-order chi connectivity index (χ0) is 14.1. The number of para-hydroxylation sites is 2. The number of nitrogens with zero attached hydrogens (tertiary/aromatic N) is 2. The molecule has 0 fully saturated rings. The monoisotopic (exact) mass is 292 g/mol. The number of halogens is 2. The first-order chi connectivity index (χ1) is 9.66. The van der Waals surface area contributed by atoms with Gasteiger partial charge in [-0.25, -0.2) is 4.98 Å². The van der Waals surface area contributed by atoms with E-state index in [9.17, 15) is 13.6 Å². The Balaban J connectivity index is 2.03. The van der Waals surface area contributed by atoms with Crippen molar-refractivity contribution in [2.24, 2.45) is 0 Å². The number of carbonyl (C=O) groups excluding carboxylic acids is 1. The minimum atomic E-state index is -2.71. The first-order valence-corrected chi connectivity index (χ1v) is 6.85. The molecule has 0 amide bonds. The molecule has 0 radical (unpaired) electrons. The van der Waals surface area contributed by atoms with Gasteiger partial charge < -0.3 is 0 Å². The van der Waals surface area contributed by atoms with Crippen LogP contribution in [0.25, 0.3) is 11.0 Å². The summed E-state index contributed by atoms with van der Waals surface area (Å²) in [5.74, 6) is -0.100. The zero-order valence-corrected chi connectivity index (χ0v) is 11.1. The highest BCUT2D eigenvalue weighted by Crippen LogP contribution is 2.24.